The van der Waals surface area contributed by atoms with E-state index in [0.29, 0.717) is 16.7 Å². The molecular weight excluding hydrogens is 462 g/mol. The molecule has 0 aliphatic heterocycles. The summed E-state index contributed by atoms with van der Waals surface area (Å²) in [5.41, 5.74) is 0.942. The zero-order valence-electron chi connectivity index (χ0n) is 19.7. The first-order valence-electron chi connectivity index (χ1n) is 11.7. The Bertz CT molecular complexity index is 1280. The molecule has 0 bridgehead atoms. The van der Waals surface area contributed by atoms with E-state index >= 15 is 0 Å². The zero-order valence-corrected chi connectivity index (χ0v) is 19.7. The van der Waals surface area contributed by atoms with Crippen molar-refractivity contribution in [3.63, 3.8) is 0 Å². The number of rotatable bonds is 8. The van der Waals surface area contributed by atoms with Gasteiger partial charge in [-0.05, 0) is 68.1 Å². The number of benzene rings is 3. The summed E-state index contributed by atoms with van der Waals surface area (Å²) in [4.78, 5) is 37.1. The van der Waals surface area contributed by atoms with E-state index in [0.717, 1.165) is 19.3 Å². The molecule has 0 radical (unpaired) electrons. The highest BCUT2D eigenvalue weighted by Crippen LogP contribution is 2.33. The quantitative estimate of drug-likeness (QED) is 0.349. The van der Waals surface area contributed by atoms with Crippen molar-refractivity contribution in [3.8, 4) is 11.5 Å². The summed E-state index contributed by atoms with van der Waals surface area (Å²) < 4.78 is 6.00. The number of aromatic carboxylic acids is 1. The van der Waals surface area contributed by atoms with Gasteiger partial charge >= 0.3 is 5.97 Å². The van der Waals surface area contributed by atoms with Gasteiger partial charge in [-0.25, -0.2) is 4.79 Å². The molecule has 0 spiro atoms. The van der Waals surface area contributed by atoms with Gasteiger partial charge in [0.05, 0.1) is 24.3 Å². The Morgan fingerprint density at radius 2 is 1.64 bits per heavy atom. The van der Waals surface area contributed by atoms with Crippen LogP contribution in [-0.4, -0.2) is 45.1 Å². The van der Waals surface area contributed by atoms with Crippen LogP contribution in [0.15, 0.2) is 60.7 Å². The molecule has 0 saturated heterocycles. The maximum absolute atomic E-state index is 13.0. The van der Waals surface area contributed by atoms with Gasteiger partial charge in [-0.3, -0.25) is 9.59 Å². The largest absolute Gasteiger partial charge is 0.507 e. The van der Waals surface area contributed by atoms with Crippen molar-refractivity contribution >= 4 is 17.7 Å². The number of amides is 1. The molecule has 2 atom stereocenters. The minimum absolute atomic E-state index is 0.0445. The Morgan fingerprint density at radius 3 is 2.31 bits per heavy atom. The molecule has 0 aromatic heterocycles. The second-order valence-electron chi connectivity index (χ2n) is 8.92. The number of phenols is 2. The standard InChI is InChI=1S/C28H27NO7/c1-16-10-11-19(20(12-16)28(34)35)26(32)25-22(30)13-17(14-23(25)31)15-36-24-9-5-8-21(24)29-27(33)18-6-3-2-4-7-18/h2-4,6-7,10-14,21,24,30-31H,5,8-9,15H2,1H3,(H,29,33)(H,34,35)/t21-,24-/m1/s1. The Balaban J connectivity index is 1.46. The highest BCUT2D eigenvalue weighted by molar-refractivity contribution is 6.16. The third-order valence-electron chi connectivity index (χ3n) is 6.30. The summed E-state index contributed by atoms with van der Waals surface area (Å²) >= 11 is 0. The van der Waals surface area contributed by atoms with Crippen LogP contribution in [0.2, 0.25) is 0 Å². The fourth-order valence-corrected chi connectivity index (χ4v) is 4.49. The van der Waals surface area contributed by atoms with Gasteiger partial charge in [-0.1, -0.05) is 29.8 Å². The number of carbonyl (C=O) groups excluding carboxylic acids is 2. The van der Waals surface area contributed by atoms with Crippen LogP contribution in [-0.2, 0) is 11.3 Å². The third-order valence-corrected chi connectivity index (χ3v) is 6.30. The lowest BCUT2D eigenvalue weighted by Crippen LogP contribution is -2.41. The molecule has 186 valence electrons. The van der Waals surface area contributed by atoms with Crippen LogP contribution < -0.4 is 5.32 Å². The summed E-state index contributed by atoms with van der Waals surface area (Å²) in [5.74, 6) is -3.20. The molecule has 1 saturated carbocycles. The Labute approximate surface area is 208 Å². The van der Waals surface area contributed by atoms with E-state index in [-0.39, 0.29) is 41.4 Å². The van der Waals surface area contributed by atoms with Gasteiger partial charge in [0.1, 0.15) is 17.1 Å². The van der Waals surface area contributed by atoms with E-state index in [1.165, 1.54) is 24.3 Å². The van der Waals surface area contributed by atoms with Crippen molar-refractivity contribution in [2.75, 3.05) is 0 Å². The molecule has 1 aliphatic carbocycles. The highest BCUT2D eigenvalue weighted by atomic mass is 16.5. The monoisotopic (exact) mass is 489 g/mol. The minimum Gasteiger partial charge on any atom is -0.507 e. The smallest absolute Gasteiger partial charge is 0.336 e. The number of aromatic hydroxyl groups is 2. The normalized spacial score (nSPS) is 17.0. The van der Waals surface area contributed by atoms with Crippen LogP contribution in [0.25, 0.3) is 0 Å². The summed E-state index contributed by atoms with van der Waals surface area (Å²) in [6.07, 6.45) is 2.17. The van der Waals surface area contributed by atoms with Crippen molar-refractivity contribution in [1.29, 1.82) is 0 Å². The Morgan fingerprint density at radius 1 is 0.944 bits per heavy atom. The van der Waals surface area contributed by atoms with Crippen molar-refractivity contribution in [1.82, 2.24) is 5.32 Å². The second-order valence-corrected chi connectivity index (χ2v) is 8.92. The maximum atomic E-state index is 13.0. The number of phenolic OH excluding ortho intramolecular Hbond substituents is 2. The molecule has 36 heavy (non-hydrogen) atoms. The molecule has 3 aromatic carbocycles. The van der Waals surface area contributed by atoms with E-state index < -0.39 is 23.3 Å². The van der Waals surface area contributed by atoms with Crippen molar-refractivity contribution in [3.05, 3.63) is 94.0 Å². The van der Waals surface area contributed by atoms with Crippen LogP contribution in [0, 0.1) is 6.92 Å². The molecule has 1 fully saturated rings. The average molecular weight is 490 g/mol. The minimum atomic E-state index is -1.28. The van der Waals surface area contributed by atoms with Gasteiger partial charge < -0.3 is 25.4 Å². The van der Waals surface area contributed by atoms with Gasteiger partial charge in [0.15, 0.2) is 0 Å². The Kier molecular flexibility index (Phi) is 7.36. The molecule has 4 rings (SSSR count). The predicted molar refractivity (Wildman–Crippen MR) is 131 cm³/mol. The lowest BCUT2D eigenvalue weighted by molar-refractivity contribution is 0.0270. The van der Waals surface area contributed by atoms with Crippen molar-refractivity contribution in [2.45, 2.75) is 44.9 Å². The van der Waals surface area contributed by atoms with Gasteiger partial charge in [0, 0.05) is 11.1 Å². The maximum Gasteiger partial charge on any atom is 0.336 e. The number of carboxylic acid groups (broad SMARTS) is 1. The second kappa shape index (κ2) is 10.6. The summed E-state index contributed by atoms with van der Waals surface area (Å²) in [6.45, 7) is 1.75. The lowest BCUT2D eigenvalue weighted by atomic mass is 9.95. The van der Waals surface area contributed by atoms with Crippen LogP contribution in [0.3, 0.4) is 0 Å². The third kappa shape index (κ3) is 5.39. The van der Waals surface area contributed by atoms with Gasteiger partial charge in [-0.2, -0.15) is 0 Å². The first-order chi connectivity index (χ1) is 17.2. The molecule has 0 unspecified atom stereocenters. The molecule has 1 amide bonds. The van der Waals surface area contributed by atoms with Crippen LogP contribution >= 0.6 is 0 Å². The van der Waals surface area contributed by atoms with Crippen molar-refractivity contribution < 1.29 is 34.4 Å². The summed E-state index contributed by atoms with van der Waals surface area (Å²) in [6, 6.07) is 15.7. The highest BCUT2D eigenvalue weighted by Gasteiger charge is 2.30. The molecule has 1 aliphatic rings. The van der Waals surface area contributed by atoms with E-state index in [1.54, 1.807) is 37.3 Å². The number of nitrogens with one attached hydrogen (secondary N) is 1. The van der Waals surface area contributed by atoms with Crippen LogP contribution in [0.1, 0.15) is 67.0 Å². The fraction of sp³-hybridized carbons (Fsp3) is 0.250. The molecule has 3 aromatic rings. The molecular formula is C28H27NO7. The Hall–Kier alpha value is -4.17. The van der Waals surface area contributed by atoms with Crippen LogP contribution in [0.5, 0.6) is 11.5 Å². The van der Waals surface area contributed by atoms with Crippen molar-refractivity contribution in [2.24, 2.45) is 0 Å². The molecule has 8 nitrogen and oxygen atoms in total. The first kappa shape index (κ1) is 24.9. The molecule has 4 N–H and O–H groups in total. The topological polar surface area (TPSA) is 133 Å². The van der Waals surface area contributed by atoms with E-state index in [9.17, 15) is 29.7 Å². The predicted octanol–water partition coefficient (Wildman–Crippen LogP) is 4.20. The van der Waals surface area contributed by atoms with Gasteiger partial charge in [0.2, 0.25) is 5.78 Å². The van der Waals surface area contributed by atoms with E-state index in [1.807, 2.05) is 6.07 Å². The number of carboxylic acids is 1. The zero-order chi connectivity index (χ0) is 25.8. The average Bonchev–Trinajstić information content (AvgIpc) is 3.29. The summed E-state index contributed by atoms with van der Waals surface area (Å²) in [7, 11) is 0. The summed E-state index contributed by atoms with van der Waals surface area (Å²) in [5, 5.41) is 33.5. The van der Waals surface area contributed by atoms with E-state index in [4.69, 9.17) is 4.74 Å². The van der Waals surface area contributed by atoms with Gasteiger partial charge in [0.25, 0.3) is 5.91 Å². The number of carbonyl (C=O) groups is 3. The van der Waals surface area contributed by atoms with Gasteiger partial charge in [-0.15, -0.1) is 0 Å². The number of ketones is 1. The molecule has 8 heteroatoms. The number of hydrogen-bond acceptors (Lipinski definition) is 6. The number of hydrogen-bond donors (Lipinski definition) is 4. The van der Waals surface area contributed by atoms with Crippen LogP contribution in [0.4, 0.5) is 0 Å². The number of aryl methyl sites for hydroxylation is 1. The number of ether oxygens (including phenoxy) is 1. The lowest BCUT2D eigenvalue weighted by Gasteiger charge is -2.22. The fourth-order valence-electron chi connectivity index (χ4n) is 4.49. The molecule has 0 heterocycles. The SMILES string of the molecule is Cc1ccc(C(=O)c2c(O)cc(CO[C@@H]3CCC[C@H]3NC(=O)c3ccccc3)cc2O)c(C(=O)O)c1. The first-order valence-corrected chi connectivity index (χ1v) is 11.7. The van der Waals surface area contributed by atoms with E-state index in [2.05, 4.69) is 5.32 Å².